The number of rotatable bonds is 2. The lowest BCUT2D eigenvalue weighted by Crippen LogP contribution is -2.53. The molecule has 1 fully saturated rings. The fraction of sp³-hybridized carbons (Fsp3) is 0.500. The Bertz CT molecular complexity index is 294. The van der Waals surface area contributed by atoms with Gasteiger partial charge in [-0.1, -0.05) is 0 Å². The summed E-state index contributed by atoms with van der Waals surface area (Å²) in [5.41, 5.74) is 0. The molecule has 1 N–H and O–H groups in total. The summed E-state index contributed by atoms with van der Waals surface area (Å²) in [4.78, 5) is 44.7. The quantitative estimate of drug-likeness (QED) is 0.430. The number of carbonyl (C=O) groups is 4. The molecule has 1 heterocycles. The van der Waals surface area contributed by atoms with Crippen LogP contribution >= 0.6 is 0 Å². The molecule has 0 aromatic heterocycles. The molecule has 0 aromatic rings. The summed E-state index contributed by atoms with van der Waals surface area (Å²) in [6, 6.07) is 0. The predicted octanol–water partition coefficient (Wildman–Crippen LogP) is -1.55. The summed E-state index contributed by atoms with van der Waals surface area (Å²) in [7, 11) is 0. The minimum absolute atomic E-state index is 0.155. The predicted molar refractivity (Wildman–Crippen MR) is 45.0 cm³/mol. The summed E-state index contributed by atoms with van der Waals surface area (Å²) >= 11 is 0. The fourth-order valence-electron chi connectivity index (χ4n) is 1.14. The second kappa shape index (κ2) is 3.99. The topological polar surface area (TPSA) is 83.6 Å². The number of imide groups is 1. The lowest BCUT2D eigenvalue weighted by atomic mass is 10.2. The van der Waals surface area contributed by atoms with E-state index in [1.54, 1.807) is 0 Å². The van der Waals surface area contributed by atoms with Gasteiger partial charge < -0.3 is 4.90 Å². The van der Waals surface area contributed by atoms with Crippen molar-refractivity contribution in [2.24, 2.45) is 0 Å². The van der Waals surface area contributed by atoms with E-state index in [1.165, 1.54) is 6.92 Å². The Kier molecular flexibility index (Phi) is 2.95. The first-order chi connectivity index (χ1) is 6.49. The van der Waals surface area contributed by atoms with Crippen molar-refractivity contribution in [3.8, 4) is 0 Å². The number of nitrogens with zero attached hydrogens (tertiary/aromatic N) is 1. The molecule has 0 unspecified atom stereocenters. The van der Waals surface area contributed by atoms with Crippen LogP contribution < -0.4 is 5.32 Å². The van der Waals surface area contributed by atoms with Crippen LogP contribution in [0.1, 0.15) is 13.3 Å². The smallest absolute Gasteiger partial charge is 0.246 e. The highest BCUT2D eigenvalue weighted by Gasteiger charge is 2.26. The van der Waals surface area contributed by atoms with Gasteiger partial charge in [0.05, 0.1) is 6.42 Å². The molecule has 0 radical (unpaired) electrons. The molecular formula is C8H10N2O4. The Morgan fingerprint density at radius 1 is 1.29 bits per heavy atom. The summed E-state index contributed by atoms with van der Waals surface area (Å²) < 4.78 is 0. The van der Waals surface area contributed by atoms with E-state index in [1.807, 2.05) is 0 Å². The highest BCUT2D eigenvalue weighted by molar-refractivity contribution is 6.05. The summed E-state index contributed by atoms with van der Waals surface area (Å²) in [5.74, 6) is -1.80. The maximum absolute atomic E-state index is 11.3. The normalized spacial score (nSPS) is 16.5. The van der Waals surface area contributed by atoms with Crippen LogP contribution in [0.5, 0.6) is 0 Å². The van der Waals surface area contributed by atoms with Crippen molar-refractivity contribution in [3.05, 3.63) is 0 Å². The molecular weight excluding hydrogens is 188 g/mol. The number of hydrogen-bond donors (Lipinski definition) is 1. The average molecular weight is 198 g/mol. The van der Waals surface area contributed by atoms with Crippen LogP contribution in [-0.4, -0.2) is 41.5 Å². The lowest BCUT2D eigenvalue weighted by molar-refractivity contribution is -0.146. The maximum atomic E-state index is 11.3. The highest BCUT2D eigenvalue weighted by Crippen LogP contribution is 1.99. The van der Waals surface area contributed by atoms with Gasteiger partial charge in [0.1, 0.15) is 18.9 Å². The van der Waals surface area contributed by atoms with Crippen LogP contribution in [0, 0.1) is 0 Å². The second-order valence-corrected chi connectivity index (χ2v) is 3.10. The minimum Gasteiger partial charge on any atom is -0.324 e. The molecule has 1 aliphatic rings. The van der Waals surface area contributed by atoms with Crippen molar-refractivity contribution in [2.45, 2.75) is 13.3 Å². The third-order valence-electron chi connectivity index (χ3n) is 1.70. The van der Waals surface area contributed by atoms with Crippen LogP contribution in [0.4, 0.5) is 0 Å². The number of carbonyl (C=O) groups excluding carboxylic acids is 4. The van der Waals surface area contributed by atoms with E-state index >= 15 is 0 Å². The van der Waals surface area contributed by atoms with Crippen LogP contribution in [0.2, 0.25) is 0 Å². The van der Waals surface area contributed by atoms with Crippen molar-refractivity contribution in [3.63, 3.8) is 0 Å². The van der Waals surface area contributed by atoms with Crippen LogP contribution in [-0.2, 0) is 19.2 Å². The summed E-state index contributed by atoms with van der Waals surface area (Å²) in [6.07, 6.45) is -0.263. The number of Topliss-reactive ketones (excluding diaryl/α,β-unsaturated/α-hetero) is 1. The molecule has 3 amide bonds. The molecule has 76 valence electrons. The van der Waals surface area contributed by atoms with E-state index in [0.717, 1.165) is 4.90 Å². The van der Waals surface area contributed by atoms with Gasteiger partial charge >= 0.3 is 0 Å². The SMILES string of the molecule is CC(=O)CC(=O)N1CC(=O)NC(=O)C1. The Labute approximate surface area is 80.2 Å². The molecule has 0 aromatic carbocycles. The van der Waals surface area contributed by atoms with E-state index in [4.69, 9.17) is 0 Å². The first kappa shape index (κ1) is 10.4. The summed E-state index contributed by atoms with van der Waals surface area (Å²) in [5, 5.41) is 2.06. The van der Waals surface area contributed by atoms with Crippen molar-refractivity contribution in [1.82, 2.24) is 10.2 Å². The minimum atomic E-state index is -0.516. The molecule has 0 spiro atoms. The van der Waals surface area contributed by atoms with E-state index in [0.29, 0.717) is 0 Å². The van der Waals surface area contributed by atoms with Crippen molar-refractivity contribution < 1.29 is 19.2 Å². The molecule has 6 nitrogen and oxygen atoms in total. The zero-order valence-electron chi connectivity index (χ0n) is 7.70. The van der Waals surface area contributed by atoms with Crippen molar-refractivity contribution in [1.29, 1.82) is 0 Å². The van der Waals surface area contributed by atoms with Crippen LogP contribution in [0.3, 0.4) is 0 Å². The second-order valence-electron chi connectivity index (χ2n) is 3.10. The average Bonchev–Trinajstić information content (AvgIpc) is 2.00. The molecule has 1 saturated heterocycles. The number of amides is 3. The molecule has 0 bridgehead atoms. The Morgan fingerprint density at radius 3 is 2.21 bits per heavy atom. The van der Waals surface area contributed by atoms with E-state index in [2.05, 4.69) is 5.32 Å². The number of nitrogens with one attached hydrogen (secondary N) is 1. The molecule has 0 aliphatic carbocycles. The van der Waals surface area contributed by atoms with Gasteiger partial charge in [-0.15, -0.1) is 0 Å². The maximum Gasteiger partial charge on any atom is 0.246 e. The third-order valence-corrected chi connectivity index (χ3v) is 1.70. The van der Waals surface area contributed by atoms with Gasteiger partial charge in [-0.05, 0) is 6.92 Å². The Morgan fingerprint density at radius 2 is 1.79 bits per heavy atom. The third kappa shape index (κ3) is 2.65. The monoisotopic (exact) mass is 198 g/mol. The first-order valence-electron chi connectivity index (χ1n) is 4.09. The van der Waals surface area contributed by atoms with Gasteiger partial charge in [0.2, 0.25) is 17.7 Å². The molecule has 0 atom stereocenters. The first-order valence-corrected chi connectivity index (χ1v) is 4.09. The number of piperazine rings is 1. The van der Waals surface area contributed by atoms with E-state index in [-0.39, 0.29) is 25.3 Å². The zero-order valence-corrected chi connectivity index (χ0v) is 7.70. The fourth-order valence-corrected chi connectivity index (χ4v) is 1.14. The Balaban J connectivity index is 2.59. The van der Waals surface area contributed by atoms with Gasteiger partial charge in [-0.3, -0.25) is 24.5 Å². The highest BCUT2D eigenvalue weighted by atomic mass is 16.2. The van der Waals surface area contributed by atoms with Gasteiger partial charge in [-0.2, -0.15) is 0 Å². The van der Waals surface area contributed by atoms with E-state index < -0.39 is 17.7 Å². The summed E-state index contributed by atoms with van der Waals surface area (Å²) in [6.45, 7) is 0.972. The zero-order chi connectivity index (χ0) is 10.7. The van der Waals surface area contributed by atoms with Gasteiger partial charge in [0.25, 0.3) is 0 Å². The van der Waals surface area contributed by atoms with Gasteiger partial charge in [0.15, 0.2) is 0 Å². The van der Waals surface area contributed by atoms with Crippen LogP contribution in [0.25, 0.3) is 0 Å². The van der Waals surface area contributed by atoms with Crippen LogP contribution in [0.15, 0.2) is 0 Å². The largest absolute Gasteiger partial charge is 0.324 e. The van der Waals surface area contributed by atoms with Crippen molar-refractivity contribution in [2.75, 3.05) is 13.1 Å². The molecule has 14 heavy (non-hydrogen) atoms. The van der Waals surface area contributed by atoms with Gasteiger partial charge in [0, 0.05) is 0 Å². The number of ketones is 1. The lowest BCUT2D eigenvalue weighted by Gasteiger charge is -2.24. The van der Waals surface area contributed by atoms with Crippen molar-refractivity contribution >= 4 is 23.5 Å². The molecule has 1 rings (SSSR count). The number of hydrogen-bond acceptors (Lipinski definition) is 4. The molecule has 6 heteroatoms. The van der Waals surface area contributed by atoms with E-state index in [9.17, 15) is 19.2 Å². The van der Waals surface area contributed by atoms with Gasteiger partial charge in [-0.25, -0.2) is 0 Å². The molecule has 1 aliphatic heterocycles. The standard InChI is InChI=1S/C8H10N2O4/c1-5(11)2-8(14)10-3-6(12)9-7(13)4-10/h2-4H2,1H3,(H,9,12,13). The Hall–Kier alpha value is -1.72. The molecule has 0 saturated carbocycles.